The molecule has 0 atom stereocenters. The predicted octanol–water partition coefficient (Wildman–Crippen LogP) is 5.48. The summed E-state index contributed by atoms with van der Waals surface area (Å²) in [6.07, 6.45) is 7.13. The van der Waals surface area contributed by atoms with Crippen LogP contribution in [0, 0.1) is 0 Å². The van der Waals surface area contributed by atoms with Gasteiger partial charge in [0.15, 0.2) is 0 Å². The van der Waals surface area contributed by atoms with Gasteiger partial charge in [-0.1, -0.05) is 60.7 Å². The summed E-state index contributed by atoms with van der Waals surface area (Å²) in [7, 11) is -1.34. The van der Waals surface area contributed by atoms with E-state index >= 15 is 0 Å². The van der Waals surface area contributed by atoms with Crippen LogP contribution in [0.1, 0.15) is 0 Å². The first-order chi connectivity index (χ1) is 14.5. The Labute approximate surface area is 201 Å². The van der Waals surface area contributed by atoms with Gasteiger partial charge in [0.05, 0.1) is 0 Å². The Morgan fingerprint density at radius 3 is 1.43 bits per heavy atom. The number of benzene rings is 2. The Balaban J connectivity index is 0.000000167. The van der Waals surface area contributed by atoms with Crippen LogP contribution in [0.2, 0.25) is 0 Å². The summed E-state index contributed by atoms with van der Waals surface area (Å²) in [5.74, 6) is 0. The molecule has 30 heavy (non-hydrogen) atoms. The zero-order chi connectivity index (χ0) is 21.8. The van der Waals surface area contributed by atoms with Crippen molar-refractivity contribution in [1.82, 2.24) is 9.97 Å². The van der Waals surface area contributed by atoms with Gasteiger partial charge in [0.1, 0.15) is 0 Å². The first-order valence-corrected chi connectivity index (χ1v) is 11.2. The fraction of sp³-hybridized carbons (Fsp3) is 0. The number of hydrogen-bond acceptors (Lipinski definition) is 4. The van der Waals surface area contributed by atoms with Crippen LogP contribution in [0.5, 0.6) is 0 Å². The lowest BCUT2D eigenvalue weighted by atomic mass is 9.81. The van der Waals surface area contributed by atoms with Crippen molar-refractivity contribution < 1.29 is 10.0 Å². The summed E-state index contributed by atoms with van der Waals surface area (Å²) >= 11 is 9.94. The summed E-state index contributed by atoms with van der Waals surface area (Å²) < 4.78 is 2.99. The minimum Gasteiger partial charge on any atom is -0.423 e. The van der Waals surface area contributed by atoms with Gasteiger partial charge in [-0.3, -0.25) is 9.97 Å². The van der Waals surface area contributed by atoms with E-state index in [9.17, 15) is 0 Å². The van der Waals surface area contributed by atoms with E-state index in [0.717, 1.165) is 19.0 Å². The highest BCUT2D eigenvalue weighted by Gasteiger charge is 2.07. The normalized spacial score (nSPS) is 9.50. The maximum atomic E-state index is 8.58. The third-order valence-corrected chi connectivity index (χ3v) is 4.88. The van der Waals surface area contributed by atoms with Crippen molar-refractivity contribution >= 4 is 60.4 Å². The van der Waals surface area contributed by atoms with E-state index in [-0.39, 0.29) is 0 Å². The lowest BCUT2D eigenvalue weighted by molar-refractivity contribution is 0.426. The summed E-state index contributed by atoms with van der Waals surface area (Å²) in [6, 6.07) is 22.9. The van der Waals surface area contributed by atoms with Gasteiger partial charge in [-0.05, 0) is 70.9 Å². The summed E-state index contributed by atoms with van der Waals surface area (Å²) in [5, 5.41) is 17.2. The number of rotatable bonds is 2. The zero-order valence-corrected chi connectivity index (χ0v) is 20.5. The van der Waals surface area contributed by atoms with Crippen molar-refractivity contribution in [1.29, 1.82) is 0 Å². The molecule has 0 spiro atoms. The van der Waals surface area contributed by atoms with E-state index in [2.05, 4.69) is 76.0 Å². The van der Waals surface area contributed by atoms with Crippen LogP contribution < -0.4 is 5.46 Å². The molecule has 0 aliphatic carbocycles. The Hall–Kier alpha value is -1.84. The third kappa shape index (κ3) is 9.32. The van der Waals surface area contributed by atoms with Crippen molar-refractivity contribution in [3.05, 3.63) is 111 Å². The van der Waals surface area contributed by atoms with Crippen LogP contribution >= 0.6 is 47.8 Å². The zero-order valence-electron chi connectivity index (χ0n) is 15.7. The molecule has 152 valence electrons. The van der Waals surface area contributed by atoms with Crippen molar-refractivity contribution in [2.75, 3.05) is 0 Å². The molecule has 2 aromatic carbocycles. The molecule has 0 unspecified atom stereocenters. The molecule has 0 radical (unpaired) electrons. The van der Waals surface area contributed by atoms with Crippen LogP contribution in [0.25, 0.3) is 11.1 Å². The second kappa shape index (κ2) is 13.5. The van der Waals surface area contributed by atoms with Crippen LogP contribution in [-0.2, 0) is 0 Å². The number of hydrogen-bond donors (Lipinski definition) is 2. The van der Waals surface area contributed by atoms with E-state index in [1.807, 2.05) is 36.5 Å². The van der Waals surface area contributed by atoms with E-state index in [1.165, 1.54) is 5.56 Å². The molecule has 0 amide bonds. The Morgan fingerprint density at radius 1 is 0.567 bits per heavy atom. The van der Waals surface area contributed by atoms with Crippen molar-refractivity contribution in [3.63, 3.8) is 0 Å². The minimum atomic E-state index is -1.34. The number of nitrogens with zero attached hydrogens (tertiary/aromatic N) is 2. The number of halogens is 3. The first kappa shape index (κ1) is 24.4. The molecule has 8 heteroatoms. The van der Waals surface area contributed by atoms with Crippen LogP contribution in [0.3, 0.4) is 0 Å². The van der Waals surface area contributed by atoms with E-state index < -0.39 is 7.12 Å². The second-order valence-corrected chi connectivity index (χ2v) is 8.61. The third-order valence-electron chi connectivity index (χ3n) is 3.58. The maximum absolute atomic E-state index is 8.58. The molecule has 0 saturated heterocycles. The fourth-order valence-corrected chi connectivity index (χ4v) is 3.61. The van der Waals surface area contributed by atoms with Gasteiger partial charge < -0.3 is 10.0 Å². The monoisotopic (exact) mass is 590 g/mol. The lowest BCUT2D eigenvalue weighted by Crippen LogP contribution is -2.29. The molecule has 0 bridgehead atoms. The van der Waals surface area contributed by atoms with Crippen molar-refractivity contribution in [2.45, 2.75) is 0 Å². The Kier molecular flexibility index (Phi) is 11.0. The average Bonchev–Trinajstić information content (AvgIpc) is 2.76. The molecule has 4 rings (SSSR count). The molecule has 4 nitrogen and oxygen atoms in total. The minimum absolute atomic E-state index is 0.525. The van der Waals surface area contributed by atoms with Gasteiger partial charge in [-0.2, -0.15) is 0 Å². The highest BCUT2D eigenvalue weighted by atomic mass is 79.9. The first-order valence-electron chi connectivity index (χ1n) is 8.79. The molecular weight excluding hydrogens is 575 g/mol. The quantitative estimate of drug-likeness (QED) is 0.303. The largest absolute Gasteiger partial charge is 0.488 e. The molecule has 0 aliphatic heterocycles. The Morgan fingerprint density at radius 2 is 1.03 bits per heavy atom. The summed E-state index contributed by atoms with van der Waals surface area (Å²) in [5.41, 5.74) is 2.85. The van der Waals surface area contributed by atoms with Gasteiger partial charge in [0.25, 0.3) is 0 Å². The van der Waals surface area contributed by atoms with Gasteiger partial charge in [-0.25, -0.2) is 0 Å². The topological polar surface area (TPSA) is 66.2 Å². The average molecular weight is 593 g/mol. The molecular formula is C22H18BBr3N2O2. The van der Waals surface area contributed by atoms with Crippen LogP contribution in [0.15, 0.2) is 111 Å². The molecule has 2 aromatic heterocycles. The van der Waals surface area contributed by atoms with Crippen LogP contribution in [0.4, 0.5) is 0 Å². The molecule has 2 N–H and O–H groups in total. The van der Waals surface area contributed by atoms with E-state index in [1.54, 1.807) is 42.9 Å². The molecule has 0 saturated carbocycles. The van der Waals surface area contributed by atoms with Crippen LogP contribution in [-0.4, -0.2) is 27.1 Å². The SMILES string of the molecule is Brc1cncc(-c2ccccc2)c1.Brc1cncc(Br)c1.OB(O)c1ccccc1. The molecule has 0 aliphatic rings. The maximum Gasteiger partial charge on any atom is 0.488 e. The molecule has 2 heterocycles. The van der Waals surface area contributed by atoms with Gasteiger partial charge >= 0.3 is 7.12 Å². The molecule has 0 fully saturated rings. The predicted molar refractivity (Wildman–Crippen MR) is 133 cm³/mol. The summed E-state index contributed by atoms with van der Waals surface area (Å²) in [6.45, 7) is 0. The van der Waals surface area contributed by atoms with Crippen molar-refractivity contribution in [2.24, 2.45) is 0 Å². The molecule has 4 aromatic rings. The second-order valence-electron chi connectivity index (χ2n) is 5.86. The highest BCUT2D eigenvalue weighted by molar-refractivity contribution is 9.11. The van der Waals surface area contributed by atoms with Crippen molar-refractivity contribution in [3.8, 4) is 11.1 Å². The highest BCUT2D eigenvalue weighted by Crippen LogP contribution is 2.20. The van der Waals surface area contributed by atoms with E-state index in [4.69, 9.17) is 10.0 Å². The van der Waals surface area contributed by atoms with Gasteiger partial charge in [0, 0.05) is 43.8 Å². The van der Waals surface area contributed by atoms with Gasteiger partial charge in [0.2, 0.25) is 0 Å². The number of pyridine rings is 2. The standard InChI is InChI=1S/C11H8BrN.C6H7BO2.C5H3Br2N/c12-11-6-10(7-13-8-11)9-4-2-1-3-5-9;8-7(9)6-4-2-1-3-5-6;6-4-1-5(7)3-8-2-4/h1-8H;1-5,8-9H;1-3H. The van der Waals surface area contributed by atoms with Gasteiger partial charge in [-0.15, -0.1) is 0 Å². The Bertz CT molecular complexity index is 1010. The summed E-state index contributed by atoms with van der Waals surface area (Å²) in [4.78, 5) is 8.00. The smallest absolute Gasteiger partial charge is 0.423 e. The lowest BCUT2D eigenvalue weighted by Gasteiger charge is -1.99. The number of aromatic nitrogens is 2. The van der Waals surface area contributed by atoms with E-state index in [0.29, 0.717) is 5.46 Å². The fourth-order valence-electron chi connectivity index (χ4n) is 2.21.